The molecule has 0 radical (unpaired) electrons. The molecule has 18 heavy (non-hydrogen) atoms. The Bertz CT molecular complexity index is 591. The third-order valence-corrected chi connectivity index (χ3v) is 3.26. The predicted molar refractivity (Wildman–Crippen MR) is 61.0 cm³/mol. The van der Waals surface area contributed by atoms with Crippen molar-refractivity contribution in [3.05, 3.63) is 12.1 Å². The number of fused-ring (bicyclic) bond motifs is 1. The number of aliphatic carboxylic acids is 1. The van der Waals surface area contributed by atoms with E-state index in [0.29, 0.717) is 11.5 Å². The maximum atomic E-state index is 10.9. The van der Waals surface area contributed by atoms with Gasteiger partial charge in [-0.3, -0.25) is 4.79 Å². The van der Waals surface area contributed by atoms with E-state index in [2.05, 4.69) is 25.9 Å². The fourth-order valence-electron chi connectivity index (χ4n) is 2.23. The Morgan fingerprint density at radius 2 is 2.33 bits per heavy atom. The number of nitrogens with one attached hydrogen (secondary N) is 1. The summed E-state index contributed by atoms with van der Waals surface area (Å²) >= 11 is 0. The molecule has 2 N–H and O–H groups in total. The van der Waals surface area contributed by atoms with Gasteiger partial charge in [-0.2, -0.15) is 0 Å². The minimum atomic E-state index is -0.800. The first kappa shape index (κ1) is 10.9. The molecule has 0 atom stereocenters. The minimum Gasteiger partial charge on any atom is -0.481 e. The van der Waals surface area contributed by atoms with Crippen molar-refractivity contribution < 1.29 is 9.90 Å². The molecule has 1 aliphatic carbocycles. The van der Waals surface area contributed by atoms with Gasteiger partial charge in [-0.15, -0.1) is 14.8 Å². The Balaban J connectivity index is 1.83. The third-order valence-electron chi connectivity index (χ3n) is 3.26. The van der Waals surface area contributed by atoms with Gasteiger partial charge in [0.05, 0.1) is 6.42 Å². The molecule has 0 aliphatic heterocycles. The molecule has 1 saturated carbocycles. The van der Waals surface area contributed by atoms with Crippen LogP contribution in [0.3, 0.4) is 0 Å². The van der Waals surface area contributed by atoms with E-state index in [0.717, 1.165) is 19.3 Å². The summed E-state index contributed by atoms with van der Waals surface area (Å²) < 4.78 is 1.31. The molecule has 2 aromatic rings. The van der Waals surface area contributed by atoms with Crippen LogP contribution in [0.1, 0.15) is 25.7 Å². The molecule has 8 heteroatoms. The van der Waals surface area contributed by atoms with Gasteiger partial charge in [0, 0.05) is 5.54 Å². The molecule has 0 aromatic carbocycles. The third kappa shape index (κ3) is 1.85. The average molecular weight is 248 g/mol. The number of carboxylic acids is 1. The van der Waals surface area contributed by atoms with Gasteiger partial charge in [0.15, 0.2) is 5.65 Å². The number of anilines is 1. The summed E-state index contributed by atoms with van der Waals surface area (Å²) in [5.74, 6) is -0.207. The zero-order chi connectivity index (χ0) is 12.6. The van der Waals surface area contributed by atoms with Crippen molar-refractivity contribution in [2.24, 2.45) is 0 Å². The zero-order valence-corrected chi connectivity index (χ0v) is 9.57. The largest absolute Gasteiger partial charge is 0.481 e. The van der Waals surface area contributed by atoms with Crippen molar-refractivity contribution in [1.29, 1.82) is 0 Å². The highest BCUT2D eigenvalue weighted by Gasteiger charge is 2.39. The molecular weight excluding hydrogens is 236 g/mol. The van der Waals surface area contributed by atoms with E-state index in [9.17, 15) is 4.79 Å². The minimum absolute atomic E-state index is 0.0995. The molecule has 2 aromatic heterocycles. The fraction of sp³-hybridized carbons (Fsp3) is 0.500. The highest BCUT2D eigenvalue weighted by Crippen LogP contribution is 2.37. The van der Waals surface area contributed by atoms with E-state index < -0.39 is 5.97 Å². The van der Waals surface area contributed by atoms with E-state index >= 15 is 0 Å². The summed E-state index contributed by atoms with van der Waals surface area (Å²) in [4.78, 5) is 10.9. The van der Waals surface area contributed by atoms with Gasteiger partial charge < -0.3 is 10.4 Å². The summed E-state index contributed by atoms with van der Waals surface area (Å²) in [5.41, 5.74) is 0.182. The lowest BCUT2D eigenvalue weighted by Crippen LogP contribution is -2.47. The molecule has 2 heterocycles. The van der Waals surface area contributed by atoms with Crippen LogP contribution in [0.2, 0.25) is 0 Å². The Hall–Kier alpha value is -2.25. The maximum Gasteiger partial charge on any atom is 0.305 e. The topological polar surface area (TPSA) is 105 Å². The summed E-state index contributed by atoms with van der Waals surface area (Å²) in [6.45, 7) is 0. The SMILES string of the molecule is O=C(O)CC1(Nc2ccc3nnnn3n2)CCC1. The van der Waals surface area contributed by atoms with Crippen molar-refractivity contribution >= 4 is 17.4 Å². The quantitative estimate of drug-likeness (QED) is 0.803. The monoisotopic (exact) mass is 248 g/mol. The number of nitrogens with zero attached hydrogens (tertiary/aromatic N) is 5. The van der Waals surface area contributed by atoms with Crippen LogP contribution in [0.4, 0.5) is 5.82 Å². The van der Waals surface area contributed by atoms with E-state index in [1.807, 2.05) is 0 Å². The number of carboxylic acid groups (broad SMARTS) is 1. The Morgan fingerprint density at radius 1 is 1.50 bits per heavy atom. The number of hydrogen-bond donors (Lipinski definition) is 2. The van der Waals surface area contributed by atoms with E-state index in [4.69, 9.17) is 5.11 Å². The molecule has 1 aliphatic rings. The van der Waals surface area contributed by atoms with Crippen LogP contribution >= 0.6 is 0 Å². The highest BCUT2D eigenvalue weighted by atomic mass is 16.4. The second-order valence-corrected chi connectivity index (χ2v) is 4.57. The highest BCUT2D eigenvalue weighted by molar-refractivity contribution is 5.69. The van der Waals surface area contributed by atoms with Crippen LogP contribution in [-0.2, 0) is 4.79 Å². The number of rotatable bonds is 4. The first-order chi connectivity index (χ1) is 8.67. The lowest BCUT2D eigenvalue weighted by molar-refractivity contribution is -0.138. The molecule has 0 amide bonds. The van der Waals surface area contributed by atoms with Crippen molar-refractivity contribution in [3.63, 3.8) is 0 Å². The summed E-state index contributed by atoms with van der Waals surface area (Å²) in [7, 11) is 0. The van der Waals surface area contributed by atoms with E-state index in [1.165, 1.54) is 4.63 Å². The number of hydrogen-bond acceptors (Lipinski definition) is 6. The molecule has 0 spiro atoms. The van der Waals surface area contributed by atoms with Crippen LogP contribution in [0, 0.1) is 0 Å². The summed E-state index contributed by atoms with van der Waals surface area (Å²) in [6.07, 6.45) is 2.82. The van der Waals surface area contributed by atoms with Crippen molar-refractivity contribution in [3.8, 4) is 0 Å². The number of carbonyl (C=O) groups is 1. The van der Waals surface area contributed by atoms with Gasteiger partial charge in [0.1, 0.15) is 5.82 Å². The molecule has 94 valence electrons. The standard InChI is InChI=1S/C10H12N6O2/c17-9(18)6-10(4-1-5-10)11-7-2-3-8-12-14-15-16(8)13-7/h2-3H,1,4-6H2,(H,11,13)(H,17,18). The normalized spacial score (nSPS) is 17.3. The van der Waals surface area contributed by atoms with Crippen LogP contribution in [0.15, 0.2) is 12.1 Å². The van der Waals surface area contributed by atoms with Crippen LogP contribution in [0.5, 0.6) is 0 Å². The molecule has 0 saturated heterocycles. The molecule has 3 rings (SSSR count). The average Bonchev–Trinajstić information content (AvgIpc) is 2.72. The number of aromatic nitrogens is 5. The summed E-state index contributed by atoms with van der Waals surface area (Å²) in [6, 6.07) is 3.50. The summed E-state index contributed by atoms with van der Waals surface area (Å²) in [5, 5.41) is 27.3. The van der Waals surface area contributed by atoms with Gasteiger partial charge in [0.25, 0.3) is 0 Å². The van der Waals surface area contributed by atoms with Gasteiger partial charge in [-0.25, -0.2) is 0 Å². The maximum absolute atomic E-state index is 10.9. The Kier molecular flexibility index (Phi) is 2.35. The van der Waals surface area contributed by atoms with Crippen molar-refractivity contribution in [2.75, 3.05) is 5.32 Å². The lowest BCUT2D eigenvalue weighted by atomic mass is 9.74. The zero-order valence-electron chi connectivity index (χ0n) is 9.57. The molecular formula is C10H12N6O2. The van der Waals surface area contributed by atoms with Gasteiger partial charge in [-0.1, -0.05) is 0 Å². The first-order valence-electron chi connectivity index (χ1n) is 5.72. The fourth-order valence-corrected chi connectivity index (χ4v) is 2.23. The first-order valence-corrected chi connectivity index (χ1v) is 5.72. The van der Waals surface area contributed by atoms with Crippen molar-refractivity contribution in [1.82, 2.24) is 25.3 Å². The molecule has 8 nitrogen and oxygen atoms in total. The molecule has 0 bridgehead atoms. The van der Waals surface area contributed by atoms with Crippen LogP contribution in [-0.4, -0.2) is 41.9 Å². The Morgan fingerprint density at radius 3 is 3.00 bits per heavy atom. The molecule has 1 fully saturated rings. The lowest BCUT2D eigenvalue weighted by Gasteiger charge is -2.41. The number of tetrazole rings is 1. The van der Waals surface area contributed by atoms with E-state index in [-0.39, 0.29) is 12.0 Å². The molecule has 0 unspecified atom stereocenters. The van der Waals surface area contributed by atoms with Crippen LogP contribution < -0.4 is 5.32 Å². The Labute approximate surface area is 102 Å². The second-order valence-electron chi connectivity index (χ2n) is 4.57. The van der Waals surface area contributed by atoms with Crippen LogP contribution in [0.25, 0.3) is 5.65 Å². The van der Waals surface area contributed by atoms with Gasteiger partial charge in [0.2, 0.25) is 0 Å². The predicted octanol–water partition coefficient (Wildman–Crippen LogP) is 0.329. The van der Waals surface area contributed by atoms with Crippen molar-refractivity contribution in [2.45, 2.75) is 31.2 Å². The van der Waals surface area contributed by atoms with Gasteiger partial charge in [-0.05, 0) is 41.8 Å². The van der Waals surface area contributed by atoms with Gasteiger partial charge >= 0.3 is 5.97 Å². The second kappa shape index (κ2) is 3.90. The van der Waals surface area contributed by atoms with E-state index in [1.54, 1.807) is 12.1 Å². The smallest absolute Gasteiger partial charge is 0.305 e.